The summed E-state index contributed by atoms with van der Waals surface area (Å²) in [6.07, 6.45) is -8.00. The first kappa shape index (κ1) is 39.2. The molecule has 50 heavy (non-hydrogen) atoms. The number of carbonyl (C=O) groups is 5. The fraction of sp³-hybridized carbons (Fsp3) is 0.667. The minimum atomic E-state index is -1.53. The van der Waals surface area contributed by atoms with Crippen LogP contribution in [0.4, 0.5) is 21.5 Å². The third-order valence-electron chi connectivity index (χ3n) is 5.96. The third-order valence-corrected chi connectivity index (χ3v) is 5.96. The van der Waals surface area contributed by atoms with Crippen LogP contribution in [0.3, 0.4) is 0 Å². The fourth-order valence-corrected chi connectivity index (χ4v) is 4.49. The van der Waals surface area contributed by atoms with E-state index in [4.69, 9.17) is 33.2 Å². The Morgan fingerprint density at radius 2 is 1.36 bits per heavy atom. The maximum atomic E-state index is 13.6. The number of hydrogen-bond acceptors (Lipinski definition) is 16. The lowest BCUT2D eigenvalue weighted by molar-refractivity contribution is -0.166. The molecule has 0 bridgehead atoms. The largest absolute Gasteiger partial charge is 0.470 e. The van der Waals surface area contributed by atoms with Crippen LogP contribution in [0.25, 0.3) is 21.6 Å². The van der Waals surface area contributed by atoms with Crippen molar-refractivity contribution in [1.29, 1.82) is 0 Å². The molecular weight excluding hydrogens is 664 g/mol. The van der Waals surface area contributed by atoms with Gasteiger partial charge in [0.25, 0.3) is 0 Å². The summed E-state index contributed by atoms with van der Waals surface area (Å²) in [4.78, 5) is 79.8. The molecule has 0 aromatic carbocycles. The van der Waals surface area contributed by atoms with Gasteiger partial charge in [-0.05, 0) is 73.0 Å². The summed E-state index contributed by atoms with van der Waals surface area (Å²) in [6.45, 7) is 17.4. The Bertz CT molecular complexity index is 1670. The van der Waals surface area contributed by atoms with E-state index in [0.717, 1.165) is 25.3 Å². The first-order valence-corrected chi connectivity index (χ1v) is 15.3. The number of anilines is 1. The van der Waals surface area contributed by atoms with Gasteiger partial charge in [-0.3, -0.25) is 19.0 Å². The van der Waals surface area contributed by atoms with Crippen molar-refractivity contribution in [2.45, 2.75) is 124 Å². The number of carbonyl (C=O) groups excluding carboxylic acids is 5. The SMILES string of the molecule is CC(=O)OC[C@H]1O[C@@H](n2c(N=[N+]=[N-])nc3c(OC(C)(C)C)nc(N(C(=O)OC(C)(C)C)C(=O)OC(C)(C)C)nc32)[C@H](OC(C)=O)[C@@H]1OC(C)=O. The fourth-order valence-electron chi connectivity index (χ4n) is 4.49. The van der Waals surface area contributed by atoms with Crippen LogP contribution in [0.2, 0.25) is 0 Å². The standard InChI is InChI=1S/C30H42N8O12/c1-14(39)44-13-17-19(45-15(2)40)20(46-16(3)41)23(47-17)37-21-18(32-25(37)35-36-31)22(48-28(4,5)6)34-24(33-21)38(26(42)49-29(7,8)9)27(43)50-30(10,11)12/h17,19-20,23H,13H2,1-12H3/t17-,19-,20-,23-/m1/s1. The van der Waals surface area contributed by atoms with Crippen molar-refractivity contribution in [3.8, 4) is 5.88 Å². The topological polar surface area (TPSA) is 246 Å². The number of esters is 3. The molecule has 1 saturated heterocycles. The molecule has 2 aromatic heterocycles. The molecule has 0 radical (unpaired) electrons. The van der Waals surface area contributed by atoms with Gasteiger partial charge in [-0.1, -0.05) is 0 Å². The lowest BCUT2D eigenvalue weighted by Crippen LogP contribution is -2.44. The highest BCUT2D eigenvalue weighted by atomic mass is 16.7. The molecule has 20 nitrogen and oxygen atoms in total. The molecule has 20 heteroatoms. The number of imidazole rings is 1. The molecule has 0 unspecified atom stereocenters. The molecule has 0 spiro atoms. The van der Waals surface area contributed by atoms with Gasteiger partial charge in [-0.15, -0.1) is 4.90 Å². The number of aromatic nitrogens is 4. The Labute approximate surface area is 287 Å². The average Bonchev–Trinajstić information content (AvgIpc) is 3.41. The zero-order chi connectivity index (χ0) is 37.9. The third kappa shape index (κ3) is 10.1. The number of hydrogen-bond donors (Lipinski definition) is 0. The van der Waals surface area contributed by atoms with Gasteiger partial charge in [0.1, 0.15) is 29.5 Å². The van der Waals surface area contributed by atoms with E-state index in [0.29, 0.717) is 4.90 Å². The second kappa shape index (κ2) is 14.7. The maximum Gasteiger partial charge on any atom is 0.427 e. The first-order valence-electron chi connectivity index (χ1n) is 15.3. The van der Waals surface area contributed by atoms with Crippen molar-refractivity contribution in [3.63, 3.8) is 0 Å². The highest BCUT2D eigenvalue weighted by Gasteiger charge is 2.52. The Kier molecular flexibility index (Phi) is 11.5. The summed E-state index contributed by atoms with van der Waals surface area (Å²) in [6, 6.07) is 0. The van der Waals surface area contributed by atoms with Gasteiger partial charge in [0.15, 0.2) is 29.6 Å². The molecule has 274 valence electrons. The van der Waals surface area contributed by atoms with Crippen molar-refractivity contribution in [1.82, 2.24) is 19.5 Å². The molecule has 2 amide bonds. The number of fused-ring (bicyclic) bond motifs is 1. The smallest absolute Gasteiger partial charge is 0.427 e. The van der Waals surface area contributed by atoms with E-state index in [1.807, 2.05) is 0 Å². The van der Waals surface area contributed by atoms with E-state index in [1.165, 1.54) is 0 Å². The molecule has 3 rings (SSSR count). The highest BCUT2D eigenvalue weighted by Crippen LogP contribution is 2.41. The summed E-state index contributed by atoms with van der Waals surface area (Å²) >= 11 is 0. The zero-order valence-corrected chi connectivity index (χ0v) is 30.0. The predicted molar refractivity (Wildman–Crippen MR) is 171 cm³/mol. The second-order valence-corrected chi connectivity index (χ2v) is 14.0. The molecule has 1 aliphatic rings. The maximum absolute atomic E-state index is 13.6. The quantitative estimate of drug-likeness (QED) is 0.116. The van der Waals surface area contributed by atoms with E-state index in [2.05, 4.69) is 25.0 Å². The Morgan fingerprint density at radius 3 is 1.82 bits per heavy atom. The Morgan fingerprint density at radius 1 is 0.820 bits per heavy atom. The van der Waals surface area contributed by atoms with E-state index < -0.39 is 89.9 Å². The number of amides is 2. The van der Waals surface area contributed by atoms with Crippen molar-refractivity contribution in [2.75, 3.05) is 11.5 Å². The van der Waals surface area contributed by atoms with Gasteiger partial charge in [0.2, 0.25) is 17.8 Å². The van der Waals surface area contributed by atoms with Gasteiger partial charge >= 0.3 is 30.1 Å². The summed E-state index contributed by atoms with van der Waals surface area (Å²) in [5.41, 5.74) is 5.98. The molecule has 0 saturated carbocycles. The Hall–Kier alpha value is -5.23. The van der Waals surface area contributed by atoms with Crippen molar-refractivity contribution < 1.29 is 57.1 Å². The van der Waals surface area contributed by atoms with Crippen LogP contribution in [0, 0.1) is 0 Å². The highest BCUT2D eigenvalue weighted by molar-refractivity contribution is 6.08. The van der Waals surface area contributed by atoms with E-state index in [9.17, 15) is 29.5 Å². The van der Waals surface area contributed by atoms with Crippen molar-refractivity contribution >= 4 is 53.2 Å². The molecule has 0 N–H and O–H groups in total. The molecule has 0 aliphatic carbocycles. The molecule has 2 aromatic rings. The van der Waals surface area contributed by atoms with Crippen molar-refractivity contribution in [2.24, 2.45) is 5.11 Å². The number of ether oxygens (including phenoxy) is 7. The van der Waals surface area contributed by atoms with Crippen LogP contribution in [-0.2, 0) is 42.8 Å². The molecule has 3 heterocycles. The summed E-state index contributed by atoms with van der Waals surface area (Å²) in [5.74, 6) is -3.61. The summed E-state index contributed by atoms with van der Waals surface area (Å²) in [7, 11) is 0. The Balaban J connectivity index is 2.44. The average molecular weight is 707 g/mol. The van der Waals surface area contributed by atoms with Crippen LogP contribution in [0.5, 0.6) is 5.88 Å². The van der Waals surface area contributed by atoms with Crippen LogP contribution in [0.15, 0.2) is 5.11 Å². The van der Waals surface area contributed by atoms with E-state index in [1.54, 1.807) is 62.3 Å². The zero-order valence-electron chi connectivity index (χ0n) is 30.0. The van der Waals surface area contributed by atoms with Gasteiger partial charge < -0.3 is 33.2 Å². The molecule has 4 atom stereocenters. The van der Waals surface area contributed by atoms with Gasteiger partial charge in [0.05, 0.1) is 0 Å². The summed E-state index contributed by atoms with van der Waals surface area (Å²) in [5, 5.41) is 3.67. The number of imide groups is 1. The minimum Gasteiger partial charge on any atom is -0.470 e. The number of nitrogens with zero attached hydrogens (tertiary/aromatic N) is 8. The number of azide groups is 1. The lowest BCUT2D eigenvalue weighted by Gasteiger charge is -2.28. The number of rotatable bonds is 8. The summed E-state index contributed by atoms with van der Waals surface area (Å²) < 4.78 is 40.4. The lowest BCUT2D eigenvalue weighted by atomic mass is 10.1. The minimum absolute atomic E-state index is 0.142. The first-order chi connectivity index (χ1) is 22.9. The van der Waals surface area contributed by atoms with E-state index >= 15 is 0 Å². The second-order valence-electron chi connectivity index (χ2n) is 14.0. The van der Waals surface area contributed by atoms with Gasteiger partial charge in [0, 0.05) is 25.7 Å². The van der Waals surface area contributed by atoms with Crippen LogP contribution in [0.1, 0.15) is 89.3 Å². The van der Waals surface area contributed by atoms with E-state index in [-0.39, 0.29) is 17.0 Å². The monoisotopic (exact) mass is 706 g/mol. The van der Waals surface area contributed by atoms with Crippen LogP contribution >= 0.6 is 0 Å². The van der Waals surface area contributed by atoms with Gasteiger partial charge in [-0.25, -0.2) is 14.6 Å². The normalized spacial score (nSPS) is 19.2. The van der Waals surface area contributed by atoms with Gasteiger partial charge in [-0.2, -0.15) is 9.97 Å². The molecule has 1 aliphatic heterocycles. The van der Waals surface area contributed by atoms with Crippen LogP contribution in [-0.4, -0.2) is 91.3 Å². The van der Waals surface area contributed by atoms with Crippen molar-refractivity contribution in [3.05, 3.63) is 10.4 Å². The molecule has 1 fully saturated rings. The molecular formula is C30H42N8O12. The van der Waals surface area contributed by atoms with Crippen LogP contribution < -0.4 is 9.64 Å². The predicted octanol–water partition coefficient (Wildman–Crippen LogP) is 4.95.